The van der Waals surface area contributed by atoms with E-state index in [1.165, 1.54) is 11.1 Å². The minimum Gasteiger partial charge on any atom is -0.348 e. The van der Waals surface area contributed by atoms with E-state index in [9.17, 15) is 13.2 Å². The van der Waals surface area contributed by atoms with Crippen LogP contribution in [-0.2, 0) is 29.7 Å². The van der Waals surface area contributed by atoms with Crippen molar-refractivity contribution in [2.45, 2.75) is 33.0 Å². The van der Waals surface area contributed by atoms with Crippen molar-refractivity contribution in [1.29, 1.82) is 0 Å². The Kier molecular flexibility index (Phi) is 5.58. The standard InChI is InChI=1S/C19H23N3O3S/c1-2-9-26(24,25)22-18-7-5-15(6-8-18)19(23)21-11-14-3-4-16-12-20-13-17(16)10-14/h3-8,10,20,22H,2,9,11-13H2,1H3,(H,21,23). The molecule has 6 nitrogen and oxygen atoms in total. The largest absolute Gasteiger partial charge is 0.348 e. The van der Waals surface area contributed by atoms with Crippen molar-refractivity contribution in [1.82, 2.24) is 10.6 Å². The molecule has 3 rings (SSSR count). The molecule has 138 valence electrons. The summed E-state index contributed by atoms with van der Waals surface area (Å²) in [4.78, 5) is 12.3. The number of fused-ring (bicyclic) bond motifs is 1. The van der Waals surface area contributed by atoms with Gasteiger partial charge in [0.1, 0.15) is 0 Å². The van der Waals surface area contributed by atoms with E-state index < -0.39 is 10.0 Å². The van der Waals surface area contributed by atoms with Crippen LogP contribution in [0.1, 0.15) is 40.4 Å². The molecule has 0 aromatic heterocycles. The van der Waals surface area contributed by atoms with E-state index in [2.05, 4.69) is 27.5 Å². The molecule has 0 radical (unpaired) electrons. The topological polar surface area (TPSA) is 87.3 Å². The third kappa shape index (κ3) is 4.62. The third-order valence-electron chi connectivity index (χ3n) is 4.25. The Bertz CT molecular complexity index is 893. The molecule has 7 heteroatoms. The molecule has 0 atom stereocenters. The van der Waals surface area contributed by atoms with Crippen molar-refractivity contribution in [3.05, 3.63) is 64.7 Å². The first kappa shape index (κ1) is 18.4. The van der Waals surface area contributed by atoms with Crippen LogP contribution in [0.5, 0.6) is 0 Å². The molecule has 1 aliphatic rings. The first-order chi connectivity index (χ1) is 12.5. The van der Waals surface area contributed by atoms with E-state index in [1.807, 2.05) is 13.0 Å². The lowest BCUT2D eigenvalue weighted by atomic mass is 10.1. The van der Waals surface area contributed by atoms with Gasteiger partial charge in [-0.05, 0) is 47.4 Å². The maximum Gasteiger partial charge on any atom is 0.251 e. The minimum atomic E-state index is -3.32. The second-order valence-corrected chi connectivity index (χ2v) is 8.23. The van der Waals surface area contributed by atoms with Gasteiger partial charge in [-0.15, -0.1) is 0 Å². The van der Waals surface area contributed by atoms with Crippen LogP contribution in [-0.4, -0.2) is 20.1 Å². The van der Waals surface area contributed by atoms with E-state index in [1.54, 1.807) is 24.3 Å². The molecule has 0 aliphatic carbocycles. The number of amides is 1. The van der Waals surface area contributed by atoms with Crippen molar-refractivity contribution in [2.24, 2.45) is 0 Å². The Morgan fingerprint density at radius 1 is 1.08 bits per heavy atom. The van der Waals surface area contributed by atoms with Crippen molar-refractivity contribution in [2.75, 3.05) is 10.5 Å². The zero-order chi connectivity index (χ0) is 18.6. The molecule has 26 heavy (non-hydrogen) atoms. The number of carbonyl (C=O) groups excluding carboxylic acids is 1. The molecule has 0 unspecified atom stereocenters. The van der Waals surface area contributed by atoms with Crippen LogP contribution in [0.2, 0.25) is 0 Å². The fourth-order valence-electron chi connectivity index (χ4n) is 2.93. The summed E-state index contributed by atoms with van der Waals surface area (Å²) in [6, 6.07) is 12.7. The molecule has 3 N–H and O–H groups in total. The second-order valence-electron chi connectivity index (χ2n) is 6.39. The van der Waals surface area contributed by atoms with Gasteiger partial charge in [-0.25, -0.2) is 8.42 Å². The van der Waals surface area contributed by atoms with Crippen molar-refractivity contribution in [3.8, 4) is 0 Å². The molecule has 0 saturated heterocycles. The summed E-state index contributed by atoms with van der Waals surface area (Å²) in [5, 5.41) is 6.20. The van der Waals surface area contributed by atoms with Gasteiger partial charge in [-0.3, -0.25) is 9.52 Å². The highest BCUT2D eigenvalue weighted by molar-refractivity contribution is 7.92. The number of benzene rings is 2. The Morgan fingerprint density at radius 2 is 1.81 bits per heavy atom. The molecular formula is C19H23N3O3S. The maximum absolute atomic E-state index is 12.3. The van der Waals surface area contributed by atoms with Gasteiger partial charge < -0.3 is 10.6 Å². The minimum absolute atomic E-state index is 0.0749. The lowest BCUT2D eigenvalue weighted by Gasteiger charge is -2.09. The van der Waals surface area contributed by atoms with Crippen LogP contribution >= 0.6 is 0 Å². The molecule has 2 aromatic rings. The van der Waals surface area contributed by atoms with Gasteiger partial charge in [0.05, 0.1) is 5.75 Å². The Labute approximate surface area is 154 Å². The number of anilines is 1. The molecular weight excluding hydrogens is 350 g/mol. The molecule has 1 heterocycles. The average Bonchev–Trinajstić information content (AvgIpc) is 3.07. The van der Waals surface area contributed by atoms with Gasteiger partial charge in [-0.2, -0.15) is 0 Å². The van der Waals surface area contributed by atoms with Gasteiger partial charge in [0.15, 0.2) is 0 Å². The van der Waals surface area contributed by atoms with Crippen molar-refractivity contribution >= 4 is 21.6 Å². The number of nitrogens with one attached hydrogen (secondary N) is 3. The average molecular weight is 373 g/mol. The normalized spacial score (nSPS) is 13.3. The molecule has 0 fully saturated rings. The number of hydrogen-bond donors (Lipinski definition) is 3. The summed E-state index contributed by atoms with van der Waals surface area (Å²) in [7, 11) is -3.32. The van der Waals surface area contributed by atoms with Gasteiger partial charge >= 0.3 is 0 Å². The van der Waals surface area contributed by atoms with Gasteiger partial charge in [0.2, 0.25) is 10.0 Å². The fourth-order valence-corrected chi connectivity index (χ4v) is 4.07. The lowest BCUT2D eigenvalue weighted by Crippen LogP contribution is -2.23. The van der Waals surface area contributed by atoms with Gasteiger partial charge in [0, 0.05) is 30.9 Å². The maximum atomic E-state index is 12.3. The van der Waals surface area contributed by atoms with Crippen LogP contribution in [0, 0.1) is 0 Å². The summed E-state index contributed by atoms with van der Waals surface area (Å²) < 4.78 is 26.0. The van der Waals surface area contributed by atoms with Crippen molar-refractivity contribution < 1.29 is 13.2 Å². The van der Waals surface area contributed by atoms with Crippen molar-refractivity contribution in [3.63, 3.8) is 0 Å². The van der Waals surface area contributed by atoms with Crippen LogP contribution in [0.25, 0.3) is 0 Å². The van der Waals surface area contributed by atoms with E-state index in [4.69, 9.17) is 0 Å². The number of rotatable bonds is 7. The second kappa shape index (κ2) is 7.88. The van der Waals surface area contributed by atoms with Crippen LogP contribution in [0.4, 0.5) is 5.69 Å². The predicted molar refractivity (Wildman–Crippen MR) is 102 cm³/mol. The highest BCUT2D eigenvalue weighted by Crippen LogP contribution is 2.17. The van der Waals surface area contributed by atoms with E-state index in [0.29, 0.717) is 24.2 Å². The van der Waals surface area contributed by atoms with E-state index in [0.717, 1.165) is 18.7 Å². The molecule has 0 spiro atoms. The smallest absolute Gasteiger partial charge is 0.251 e. The van der Waals surface area contributed by atoms with E-state index >= 15 is 0 Å². The molecule has 1 aliphatic heterocycles. The monoisotopic (exact) mass is 373 g/mol. The first-order valence-corrected chi connectivity index (χ1v) is 10.3. The summed E-state index contributed by atoms with van der Waals surface area (Å²) in [5.74, 6) is -0.113. The summed E-state index contributed by atoms with van der Waals surface area (Å²) >= 11 is 0. The SMILES string of the molecule is CCCS(=O)(=O)Nc1ccc(C(=O)NCc2ccc3c(c2)CNC3)cc1. The molecule has 0 saturated carbocycles. The third-order valence-corrected chi connectivity index (χ3v) is 5.74. The summed E-state index contributed by atoms with van der Waals surface area (Å²) in [6.45, 7) is 4.03. The Balaban J connectivity index is 1.58. The molecule has 2 aromatic carbocycles. The Morgan fingerprint density at radius 3 is 2.54 bits per heavy atom. The highest BCUT2D eigenvalue weighted by atomic mass is 32.2. The van der Waals surface area contributed by atoms with Crippen LogP contribution in [0.3, 0.4) is 0 Å². The van der Waals surface area contributed by atoms with Gasteiger partial charge in [0.25, 0.3) is 5.91 Å². The zero-order valence-electron chi connectivity index (χ0n) is 14.7. The summed E-state index contributed by atoms with van der Waals surface area (Å²) in [6.07, 6.45) is 0.550. The highest BCUT2D eigenvalue weighted by Gasteiger charge is 2.12. The fraction of sp³-hybridized carbons (Fsp3) is 0.316. The molecule has 1 amide bonds. The van der Waals surface area contributed by atoms with Gasteiger partial charge in [-0.1, -0.05) is 25.1 Å². The zero-order valence-corrected chi connectivity index (χ0v) is 15.5. The Hall–Kier alpha value is -2.38. The summed E-state index contributed by atoms with van der Waals surface area (Å²) in [5.41, 5.74) is 4.60. The lowest BCUT2D eigenvalue weighted by molar-refractivity contribution is 0.0951. The quantitative estimate of drug-likeness (QED) is 0.695. The number of sulfonamides is 1. The van der Waals surface area contributed by atoms with E-state index in [-0.39, 0.29) is 11.7 Å². The number of carbonyl (C=O) groups is 1. The van der Waals surface area contributed by atoms with Crippen LogP contribution in [0.15, 0.2) is 42.5 Å². The van der Waals surface area contributed by atoms with Crippen LogP contribution < -0.4 is 15.4 Å². The predicted octanol–water partition coefficient (Wildman–Crippen LogP) is 2.37. The number of hydrogen-bond acceptors (Lipinski definition) is 4. The first-order valence-electron chi connectivity index (χ1n) is 8.67. The molecule has 0 bridgehead atoms.